The van der Waals surface area contributed by atoms with Crippen LogP contribution in [0.5, 0.6) is 0 Å². The zero-order valence-electron chi connectivity index (χ0n) is 8.44. The van der Waals surface area contributed by atoms with Gasteiger partial charge < -0.3 is 20.9 Å². The minimum atomic E-state index is -1.01. The Morgan fingerprint density at radius 2 is 2.07 bits per heavy atom. The zero-order chi connectivity index (χ0) is 11.3. The Bertz CT molecular complexity index is 244. The second kappa shape index (κ2) is 5.67. The molecule has 6 heteroatoms. The van der Waals surface area contributed by atoms with Crippen molar-refractivity contribution in [2.45, 2.75) is 31.5 Å². The SMILES string of the molecule is NCCCNC(=O)[C@@H]1CC[C@H](C(=O)O)O1. The van der Waals surface area contributed by atoms with E-state index in [9.17, 15) is 9.59 Å². The minimum Gasteiger partial charge on any atom is -0.479 e. The van der Waals surface area contributed by atoms with E-state index < -0.39 is 18.2 Å². The Morgan fingerprint density at radius 3 is 2.60 bits per heavy atom. The summed E-state index contributed by atoms with van der Waals surface area (Å²) in [5.74, 6) is -1.25. The third kappa shape index (κ3) is 3.49. The van der Waals surface area contributed by atoms with E-state index in [0.29, 0.717) is 32.4 Å². The maximum absolute atomic E-state index is 11.4. The standard InChI is InChI=1S/C9H16N2O4/c10-4-1-5-11-8(12)6-2-3-7(15-6)9(13)14/h6-7H,1-5,10H2,(H,11,12)(H,13,14)/t6-,7+/m0/s1. The highest BCUT2D eigenvalue weighted by Crippen LogP contribution is 2.19. The molecule has 1 rings (SSSR count). The van der Waals surface area contributed by atoms with Gasteiger partial charge in [0.1, 0.15) is 6.10 Å². The van der Waals surface area contributed by atoms with Crippen LogP contribution in [0.4, 0.5) is 0 Å². The highest BCUT2D eigenvalue weighted by atomic mass is 16.5. The van der Waals surface area contributed by atoms with Crippen LogP contribution >= 0.6 is 0 Å². The molecule has 0 radical (unpaired) electrons. The van der Waals surface area contributed by atoms with Crippen molar-refractivity contribution in [2.24, 2.45) is 5.73 Å². The predicted molar refractivity (Wildman–Crippen MR) is 52.2 cm³/mol. The first-order valence-corrected chi connectivity index (χ1v) is 5.01. The quantitative estimate of drug-likeness (QED) is 0.516. The molecule has 0 aromatic carbocycles. The molecule has 1 heterocycles. The van der Waals surface area contributed by atoms with Crippen molar-refractivity contribution < 1.29 is 19.4 Å². The maximum atomic E-state index is 11.4. The van der Waals surface area contributed by atoms with E-state index in [2.05, 4.69) is 5.32 Å². The number of nitrogens with one attached hydrogen (secondary N) is 1. The first kappa shape index (κ1) is 11.9. The third-order valence-corrected chi connectivity index (χ3v) is 2.27. The van der Waals surface area contributed by atoms with Crippen LogP contribution in [-0.2, 0) is 14.3 Å². The molecule has 6 nitrogen and oxygen atoms in total. The van der Waals surface area contributed by atoms with Crippen LogP contribution in [0.2, 0.25) is 0 Å². The molecule has 0 aromatic rings. The largest absolute Gasteiger partial charge is 0.479 e. The summed E-state index contributed by atoms with van der Waals surface area (Å²) in [7, 11) is 0. The average molecular weight is 216 g/mol. The zero-order valence-corrected chi connectivity index (χ0v) is 8.44. The van der Waals surface area contributed by atoms with Gasteiger partial charge in [0.2, 0.25) is 5.91 Å². The molecule has 0 unspecified atom stereocenters. The summed E-state index contributed by atoms with van der Waals surface area (Å²) < 4.78 is 5.07. The van der Waals surface area contributed by atoms with Gasteiger partial charge in [-0.1, -0.05) is 0 Å². The fourth-order valence-corrected chi connectivity index (χ4v) is 1.44. The molecule has 0 saturated carbocycles. The monoisotopic (exact) mass is 216 g/mol. The molecule has 1 amide bonds. The van der Waals surface area contributed by atoms with Gasteiger partial charge in [-0.3, -0.25) is 4.79 Å². The molecule has 15 heavy (non-hydrogen) atoms. The minimum absolute atomic E-state index is 0.243. The van der Waals surface area contributed by atoms with E-state index in [4.69, 9.17) is 15.6 Å². The summed E-state index contributed by atoms with van der Waals surface area (Å²) in [6, 6.07) is 0. The molecule has 2 atom stereocenters. The van der Waals surface area contributed by atoms with E-state index in [1.165, 1.54) is 0 Å². The van der Waals surface area contributed by atoms with Crippen LogP contribution in [0.25, 0.3) is 0 Å². The van der Waals surface area contributed by atoms with Crippen LogP contribution in [0.15, 0.2) is 0 Å². The Labute approximate surface area is 87.8 Å². The molecule has 0 bridgehead atoms. The van der Waals surface area contributed by atoms with Crippen LogP contribution in [0.3, 0.4) is 0 Å². The first-order valence-electron chi connectivity index (χ1n) is 5.01. The lowest BCUT2D eigenvalue weighted by Crippen LogP contribution is -2.36. The van der Waals surface area contributed by atoms with Gasteiger partial charge in [0.15, 0.2) is 6.10 Å². The number of carboxylic acids is 1. The van der Waals surface area contributed by atoms with Gasteiger partial charge in [-0.25, -0.2) is 4.79 Å². The smallest absolute Gasteiger partial charge is 0.332 e. The lowest BCUT2D eigenvalue weighted by Gasteiger charge is -2.11. The van der Waals surface area contributed by atoms with Crippen molar-refractivity contribution in [2.75, 3.05) is 13.1 Å². The summed E-state index contributed by atoms with van der Waals surface area (Å²) in [6.07, 6.45) is 0.107. The van der Waals surface area contributed by atoms with E-state index >= 15 is 0 Å². The molecule has 0 aromatic heterocycles. The molecular formula is C9H16N2O4. The predicted octanol–water partition coefficient (Wildman–Crippen LogP) is -0.916. The molecule has 1 aliphatic heterocycles. The number of ether oxygens (including phenoxy) is 1. The second-order valence-electron chi connectivity index (χ2n) is 3.46. The lowest BCUT2D eigenvalue weighted by atomic mass is 10.2. The Balaban J connectivity index is 2.27. The van der Waals surface area contributed by atoms with E-state index in [0.717, 1.165) is 0 Å². The Kier molecular flexibility index (Phi) is 4.51. The molecule has 1 aliphatic rings. The molecular weight excluding hydrogens is 200 g/mol. The summed E-state index contributed by atoms with van der Waals surface area (Å²) in [4.78, 5) is 22.0. The highest BCUT2D eigenvalue weighted by molar-refractivity contribution is 5.82. The summed E-state index contributed by atoms with van der Waals surface area (Å²) in [5, 5.41) is 11.3. The number of rotatable bonds is 5. The van der Waals surface area contributed by atoms with Gasteiger partial charge in [-0.15, -0.1) is 0 Å². The Hall–Kier alpha value is -1.14. The molecule has 86 valence electrons. The van der Waals surface area contributed by atoms with Gasteiger partial charge in [0, 0.05) is 6.54 Å². The molecule has 0 aliphatic carbocycles. The molecule has 4 N–H and O–H groups in total. The first-order chi connectivity index (χ1) is 7.15. The highest BCUT2D eigenvalue weighted by Gasteiger charge is 2.34. The van der Waals surface area contributed by atoms with Crippen molar-refractivity contribution in [3.63, 3.8) is 0 Å². The number of aliphatic carboxylic acids is 1. The van der Waals surface area contributed by atoms with E-state index in [-0.39, 0.29) is 5.91 Å². The van der Waals surface area contributed by atoms with Crippen molar-refractivity contribution >= 4 is 11.9 Å². The van der Waals surface area contributed by atoms with Crippen LogP contribution in [-0.4, -0.2) is 42.3 Å². The van der Waals surface area contributed by atoms with Gasteiger partial charge in [0.05, 0.1) is 0 Å². The second-order valence-corrected chi connectivity index (χ2v) is 3.46. The normalized spacial score (nSPS) is 25.1. The third-order valence-electron chi connectivity index (χ3n) is 2.27. The number of amides is 1. The lowest BCUT2D eigenvalue weighted by molar-refractivity contribution is -0.151. The molecule has 1 saturated heterocycles. The van der Waals surface area contributed by atoms with Gasteiger partial charge in [-0.05, 0) is 25.8 Å². The van der Waals surface area contributed by atoms with Crippen molar-refractivity contribution in [1.29, 1.82) is 0 Å². The van der Waals surface area contributed by atoms with E-state index in [1.807, 2.05) is 0 Å². The van der Waals surface area contributed by atoms with Crippen LogP contribution < -0.4 is 11.1 Å². The van der Waals surface area contributed by atoms with Crippen LogP contribution in [0, 0.1) is 0 Å². The number of nitrogens with two attached hydrogens (primary N) is 1. The topological polar surface area (TPSA) is 102 Å². The van der Waals surface area contributed by atoms with Gasteiger partial charge in [-0.2, -0.15) is 0 Å². The number of hydrogen-bond acceptors (Lipinski definition) is 4. The summed E-state index contributed by atoms with van der Waals surface area (Å²) in [5.41, 5.74) is 5.27. The van der Waals surface area contributed by atoms with Gasteiger partial charge >= 0.3 is 5.97 Å². The van der Waals surface area contributed by atoms with Gasteiger partial charge in [0.25, 0.3) is 0 Å². The number of carbonyl (C=O) groups is 2. The number of carboxylic acid groups (broad SMARTS) is 1. The van der Waals surface area contributed by atoms with Crippen molar-refractivity contribution in [3.05, 3.63) is 0 Å². The summed E-state index contributed by atoms with van der Waals surface area (Å²) >= 11 is 0. The fourth-order valence-electron chi connectivity index (χ4n) is 1.44. The fraction of sp³-hybridized carbons (Fsp3) is 0.778. The summed E-state index contributed by atoms with van der Waals surface area (Å²) in [6.45, 7) is 1.02. The number of carbonyl (C=O) groups excluding carboxylic acids is 1. The average Bonchev–Trinajstić information content (AvgIpc) is 2.66. The van der Waals surface area contributed by atoms with Crippen molar-refractivity contribution in [3.8, 4) is 0 Å². The Morgan fingerprint density at radius 1 is 1.40 bits per heavy atom. The number of hydrogen-bond donors (Lipinski definition) is 3. The van der Waals surface area contributed by atoms with Crippen molar-refractivity contribution in [1.82, 2.24) is 5.32 Å². The maximum Gasteiger partial charge on any atom is 0.332 e. The van der Waals surface area contributed by atoms with E-state index in [1.54, 1.807) is 0 Å². The molecule has 0 spiro atoms. The van der Waals surface area contributed by atoms with Crippen LogP contribution in [0.1, 0.15) is 19.3 Å². The molecule has 1 fully saturated rings.